The van der Waals surface area contributed by atoms with Crippen LogP contribution in [-0.4, -0.2) is 19.3 Å². The monoisotopic (exact) mass is 449 g/mol. The molecule has 31 heavy (non-hydrogen) atoms. The lowest BCUT2D eigenvalue weighted by Gasteiger charge is -2.12. The summed E-state index contributed by atoms with van der Waals surface area (Å²) < 4.78 is 28.8. The molecule has 1 amide bonds. The van der Waals surface area contributed by atoms with Crippen molar-refractivity contribution < 1.29 is 13.2 Å². The Hall–Kier alpha value is -3.49. The number of nitrogens with zero attached hydrogens (tertiary/aromatic N) is 1. The van der Waals surface area contributed by atoms with Gasteiger partial charge >= 0.3 is 0 Å². The third-order valence-electron chi connectivity index (χ3n) is 4.49. The SMILES string of the molecule is Cc1ccc(NC(=O)/C=C/c2nc3ccccc3s2)cc1NS(=O)(=O)c1ccccc1. The summed E-state index contributed by atoms with van der Waals surface area (Å²) in [4.78, 5) is 17.0. The van der Waals surface area contributed by atoms with E-state index in [0.29, 0.717) is 11.4 Å². The number of benzene rings is 3. The Balaban J connectivity index is 1.48. The third-order valence-corrected chi connectivity index (χ3v) is 6.87. The zero-order valence-electron chi connectivity index (χ0n) is 16.6. The van der Waals surface area contributed by atoms with Crippen molar-refractivity contribution in [3.8, 4) is 0 Å². The van der Waals surface area contributed by atoms with Crippen molar-refractivity contribution in [1.29, 1.82) is 0 Å². The van der Waals surface area contributed by atoms with Gasteiger partial charge in [-0.05, 0) is 55.0 Å². The Labute approximate surface area is 184 Å². The number of anilines is 2. The van der Waals surface area contributed by atoms with Crippen LogP contribution in [0.4, 0.5) is 11.4 Å². The molecule has 1 aromatic heterocycles. The van der Waals surface area contributed by atoms with Crippen molar-refractivity contribution in [2.75, 3.05) is 10.0 Å². The molecule has 4 rings (SSSR count). The first-order valence-corrected chi connectivity index (χ1v) is 11.7. The van der Waals surface area contributed by atoms with E-state index in [-0.39, 0.29) is 10.8 Å². The lowest BCUT2D eigenvalue weighted by Crippen LogP contribution is -2.14. The van der Waals surface area contributed by atoms with Gasteiger partial charge in [0.25, 0.3) is 10.0 Å². The number of sulfonamides is 1. The Morgan fingerprint density at radius 1 is 1.00 bits per heavy atom. The van der Waals surface area contributed by atoms with Crippen LogP contribution in [0.5, 0.6) is 0 Å². The van der Waals surface area contributed by atoms with Gasteiger partial charge in [-0.25, -0.2) is 13.4 Å². The molecule has 8 heteroatoms. The van der Waals surface area contributed by atoms with Gasteiger partial charge in [-0.15, -0.1) is 11.3 Å². The van der Waals surface area contributed by atoms with Gasteiger partial charge in [0, 0.05) is 11.8 Å². The van der Waals surface area contributed by atoms with E-state index in [1.54, 1.807) is 49.4 Å². The largest absolute Gasteiger partial charge is 0.322 e. The number of hydrogen-bond donors (Lipinski definition) is 2. The Kier molecular flexibility index (Phi) is 5.83. The van der Waals surface area contributed by atoms with Crippen LogP contribution in [-0.2, 0) is 14.8 Å². The molecule has 156 valence electrons. The molecule has 0 spiro atoms. The van der Waals surface area contributed by atoms with Crippen LogP contribution in [0.2, 0.25) is 0 Å². The number of fused-ring (bicyclic) bond motifs is 1. The minimum atomic E-state index is -3.72. The summed E-state index contributed by atoms with van der Waals surface area (Å²) in [7, 11) is -3.72. The van der Waals surface area contributed by atoms with Crippen molar-refractivity contribution >= 4 is 54.9 Å². The molecule has 0 bridgehead atoms. The quantitative estimate of drug-likeness (QED) is 0.403. The molecular weight excluding hydrogens is 430 g/mol. The second kappa shape index (κ2) is 8.71. The van der Waals surface area contributed by atoms with Crippen molar-refractivity contribution in [3.63, 3.8) is 0 Å². The van der Waals surface area contributed by atoms with Crippen LogP contribution in [0.3, 0.4) is 0 Å². The Morgan fingerprint density at radius 3 is 2.52 bits per heavy atom. The van der Waals surface area contributed by atoms with Crippen LogP contribution < -0.4 is 10.0 Å². The summed E-state index contributed by atoms with van der Waals surface area (Å²) in [5, 5.41) is 3.49. The average molecular weight is 450 g/mol. The van der Waals surface area contributed by atoms with Crippen LogP contribution in [0.15, 0.2) is 83.8 Å². The first kappa shape index (κ1) is 20.8. The maximum Gasteiger partial charge on any atom is 0.261 e. The van der Waals surface area contributed by atoms with Gasteiger partial charge in [-0.3, -0.25) is 9.52 Å². The number of thiazole rings is 1. The normalized spacial score (nSPS) is 11.6. The van der Waals surface area contributed by atoms with Crippen LogP contribution in [0.1, 0.15) is 10.6 Å². The van der Waals surface area contributed by atoms with E-state index < -0.39 is 10.0 Å². The zero-order chi connectivity index (χ0) is 21.8. The van der Waals surface area contributed by atoms with Gasteiger partial charge in [0.15, 0.2) is 0 Å². The molecule has 0 aliphatic heterocycles. The number of para-hydroxylation sites is 1. The number of rotatable bonds is 6. The molecule has 2 N–H and O–H groups in total. The van der Waals surface area contributed by atoms with E-state index in [2.05, 4.69) is 15.0 Å². The first-order valence-electron chi connectivity index (χ1n) is 9.44. The van der Waals surface area contributed by atoms with E-state index in [0.717, 1.165) is 20.8 Å². The minimum Gasteiger partial charge on any atom is -0.322 e. The maximum atomic E-state index is 12.6. The molecular formula is C23H19N3O3S2. The van der Waals surface area contributed by atoms with Crippen molar-refractivity contribution in [1.82, 2.24) is 4.98 Å². The molecule has 0 atom stereocenters. The second-order valence-electron chi connectivity index (χ2n) is 6.79. The molecule has 3 aromatic carbocycles. The van der Waals surface area contributed by atoms with Gasteiger partial charge in [0.05, 0.1) is 20.8 Å². The number of carbonyl (C=O) groups is 1. The van der Waals surface area contributed by atoms with Crippen LogP contribution >= 0.6 is 11.3 Å². The number of hydrogen-bond acceptors (Lipinski definition) is 5. The van der Waals surface area contributed by atoms with Crippen molar-refractivity contribution in [2.24, 2.45) is 0 Å². The van der Waals surface area contributed by atoms with Crippen molar-refractivity contribution in [2.45, 2.75) is 11.8 Å². The molecule has 0 aliphatic carbocycles. The molecule has 0 aliphatic rings. The minimum absolute atomic E-state index is 0.169. The summed E-state index contributed by atoms with van der Waals surface area (Å²) in [5.74, 6) is -0.333. The fourth-order valence-electron chi connectivity index (χ4n) is 2.91. The van der Waals surface area contributed by atoms with E-state index in [9.17, 15) is 13.2 Å². The lowest BCUT2D eigenvalue weighted by molar-refractivity contribution is -0.111. The van der Waals surface area contributed by atoms with Gasteiger partial charge in [-0.2, -0.15) is 0 Å². The number of nitrogens with one attached hydrogen (secondary N) is 2. The number of carbonyl (C=O) groups excluding carboxylic acids is 1. The molecule has 6 nitrogen and oxygen atoms in total. The van der Waals surface area contributed by atoms with Gasteiger partial charge in [0.2, 0.25) is 5.91 Å². The molecule has 0 fully saturated rings. The molecule has 4 aromatic rings. The molecule has 1 heterocycles. The summed E-state index contributed by atoms with van der Waals surface area (Å²) in [6.07, 6.45) is 3.07. The zero-order valence-corrected chi connectivity index (χ0v) is 18.2. The molecule has 0 saturated heterocycles. The highest BCUT2D eigenvalue weighted by molar-refractivity contribution is 7.92. The first-order chi connectivity index (χ1) is 14.9. The van der Waals surface area contributed by atoms with E-state index >= 15 is 0 Å². The predicted octanol–water partition coefficient (Wildman–Crippen LogP) is 5.06. The Bertz CT molecular complexity index is 1340. The fourth-order valence-corrected chi connectivity index (χ4v) is 4.92. The van der Waals surface area contributed by atoms with E-state index in [1.807, 2.05) is 24.3 Å². The van der Waals surface area contributed by atoms with E-state index in [4.69, 9.17) is 0 Å². The highest BCUT2D eigenvalue weighted by Crippen LogP contribution is 2.24. The predicted molar refractivity (Wildman–Crippen MR) is 126 cm³/mol. The highest BCUT2D eigenvalue weighted by Gasteiger charge is 2.15. The average Bonchev–Trinajstić information content (AvgIpc) is 3.18. The molecule has 0 saturated carbocycles. The van der Waals surface area contributed by atoms with Crippen molar-refractivity contribution in [3.05, 3.63) is 89.4 Å². The van der Waals surface area contributed by atoms with Gasteiger partial charge in [0.1, 0.15) is 5.01 Å². The van der Waals surface area contributed by atoms with Gasteiger partial charge < -0.3 is 5.32 Å². The lowest BCUT2D eigenvalue weighted by atomic mass is 10.2. The summed E-state index contributed by atoms with van der Waals surface area (Å²) >= 11 is 1.50. The topological polar surface area (TPSA) is 88.2 Å². The van der Waals surface area contributed by atoms with Crippen LogP contribution in [0.25, 0.3) is 16.3 Å². The molecule has 0 radical (unpaired) electrons. The smallest absolute Gasteiger partial charge is 0.261 e. The maximum absolute atomic E-state index is 12.6. The number of aromatic nitrogens is 1. The highest BCUT2D eigenvalue weighted by atomic mass is 32.2. The summed E-state index contributed by atoms with van der Waals surface area (Å²) in [6.45, 7) is 1.79. The summed E-state index contributed by atoms with van der Waals surface area (Å²) in [6, 6.07) is 21.0. The second-order valence-corrected chi connectivity index (χ2v) is 9.54. The third kappa shape index (κ3) is 4.99. The molecule has 0 unspecified atom stereocenters. The number of aryl methyl sites for hydroxylation is 1. The fraction of sp³-hybridized carbons (Fsp3) is 0.0435. The van der Waals surface area contributed by atoms with Crippen LogP contribution in [0, 0.1) is 6.92 Å². The summed E-state index contributed by atoms with van der Waals surface area (Å²) in [5.41, 5.74) is 2.51. The number of amides is 1. The van der Waals surface area contributed by atoms with Gasteiger partial charge in [-0.1, -0.05) is 36.4 Å². The van der Waals surface area contributed by atoms with E-state index in [1.165, 1.54) is 29.5 Å². The standard InChI is InChI=1S/C23H19N3O3S2/c1-16-11-12-17(15-20(16)26-31(28,29)18-7-3-2-4-8-18)24-22(27)13-14-23-25-19-9-5-6-10-21(19)30-23/h2-15,26H,1H3,(H,24,27)/b14-13+. The Morgan fingerprint density at radius 2 is 1.74 bits per heavy atom.